The van der Waals surface area contributed by atoms with Crippen LogP contribution in [0.5, 0.6) is 5.88 Å². The molecule has 180 valence electrons. The number of esters is 1. The van der Waals surface area contributed by atoms with Gasteiger partial charge in [-0.1, -0.05) is 6.07 Å². The zero-order valence-electron chi connectivity index (χ0n) is 18.6. The van der Waals surface area contributed by atoms with Gasteiger partial charge in [0.2, 0.25) is 5.88 Å². The number of carbonyl (C=O) groups is 2. The van der Waals surface area contributed by atoms with Gasteiger partial charge in [0.1, 0.15) is 16.4 Å². The number of fused-ring (bicyclic) bond motifs is 2. The molecule has 1 fully saturated rings. The first-order valence-corrected chi connectivity index (χ1v) is 12.6. The van der Waals surface area contributed by atoms with Crippen LogP contribution in [0.1, 0.15) is 40.5 Å². The molecule has 0 atom stereocenters. The molecule has 1 aromatic carbocycles. The van der Waals surface area contributed by atoms with Gasteiger partial charge < -0.3 is 19.9 Å². The summed E-state index contributed by atoms with van der Waals surface area (Å²) in [4.78, 5) is 26.2. The Hall–Kier alpha value is -3.67. The van der Waals surface area contributed by atoms with Gasteiger partial charge >= 0.3 is 12.1 Å². The lowest BCUT2D eigenvalue weighted by atomic mass is 10.0. The third-order valence-corrected chi connectivity index (χ3v) is 6.31. The van der Waals surface area contributed by atoms with E-state index < -0.39 is 15.9 Å². The van der Waals surface area contributed by atoms with Crippen LogP contribution in [0.2, 0.25) is 0 Å². The number of amides is 1. The van der Waals surface area contributed by atoms with E-state index in [1.165, 1.54) is 0 Å². The number of rotatable bonds is 6. The van der Waals surface area contributed by atoms with Crippen molar-refractivity contribution < 1.29 is 32.6 Å². The highest BCUT2D eigenvalue weighted by Gasteiger charge is 2.29. The Morgan fingerprint density at radius 2 is 2.00 bits per heavy atom. The van der Waals surface area contributed by atoms with Crippen LogP contribution < -0.4 is 10.1 Å². The molecule has 0 unspecified atom stereocenters. The summed E-state index contributed by atoms with van der Waals surface area (Å²) in [5, 5.41) is 14.6. The molecular weight excluding hydrogens is 464 g/mol. The molecule has 0 bridgehead atoms. The lowest BCUT2D eigenvalue weighted by Crippen LogP contribution is -2.26. The van der Waals surface area contributed by atoms with Gasteiger partial charge in [-0.3, -0.25) is 0 Å². The predicted octanol–water partition coefficient (Wildman–Crippen LogP) is 2.25. The Morgan fingerprint density at radius 3 is 2.65 bits per heavy atom. The number of benzene rings is 1. The van der Waals surface area contributed by atoms with E-state index in [0.29, 0.717) is 24.0 Å². The minimum absolute atomic E-state index is 0.0475. The molecule has 34 heavy (non-hydrogen) atoms. The topological polar surface area (TPSA) is 149 Å². The van der Waals surface area contributed by atoms with Gasteiger partial charge in [-0.15, -0.1) is 5.10 Å². The van der Waals surface area contributed by atoms with Crippen molar-refractivity contribution in [1.29, 1.82) is 0 Å². The Balaban J connectivity index is 0.000000235. The molecule has 1 saturated carbocycles. The molecule has 0 radical (unpaired) electrons. The van der Waals surface area contributed by atoms with Crippen LogP contribution in [0.15, 0.2) is 30.3 Å². The zero-order chi connectivity index (χ0) is 24.5. The fourth-order valence-electron chi connectivity index (χ4n) is 3.49. The van der Waals surface area contributed by atoms with Gasteiger partial charge in [-0.2, -0.15) is 4.52 Å². The summed E-state index contributed by atoms with van der Waals surface area (Å²) in [6.07, 6.45) is 2.14. The maximum atomic E-state index is 11.6. The Morgan fingerprint density at radius 1 is 1.26 bits per heavy atom. The minimum Gasteiger partial charge on any atom is -0.481 e. The molecule has 1 aliphatic carbocycles. The van der Waals surface area contributed by atoms with E-state index >= 15 is 0 Å². The van der Waals surface area contributed by atoms with E-state index in [2.05, 4.69) is 5.10 Å². The lowest BCUT2D eigenvalue weighted by molar-refractivity contribution is 0.0535. The normalized spacial score (nSPS) is 14.7. The smallest absolute Gasteiger partial charge is 0.404 e. The second kappa shape index (κ2) is 9.29. The van der Waals surface area contributed by atoms with Crippen molar-refractivity contribution in [2.24, 2.45) is 0 Å². The highest BCUT2D eigenvalue weighted by atomic mass is 32.2. The van der Waals surface area contributed by atoms with Crippen LogP contribution in [0, 0.1) is 0 Å². The van der Waals surface area contributed by atoms with E-state index in [1.807, 2.05) is 35.6 Å². The molecular formula is C22H24N4O7S. The summed E-state index contributed by atoms with van der Waals surface area (Å²) in [6.45, 7) is 0.280. The highest BCUT2D eigenvalue weighted by molar-refractivity contribution is 7.90. The molecule has 3 heterocycles. The van der Waals surface area contributed by atoms with Gasteiger partial charge in [0.25, 0.3) is 0 Å². The summed E-state index contributed by atoms with van der Waals surface area (Å²) in [5.41, 5.74) is 4.30. The quantitative estimate of drug-likeness (QED) is 0.498. The zero-order valence-corrected chi connectivity index (χ0v) is 19.5. The van der Waals surface area contributed by atoms with Crippen molar-refractivity contribution in [2.75, 3.05) is 25.7 Å². The van der Waals surface area contributed by atoms with E-state index in [9.17, 15) is 18.0 Å². The van der Waals surface area contributed by atoms with Crippen molar-refractivity contribution in [3.63, 3.8) is 0 Å². The van der Waals surface area contributed by atoms with E-state index in [-0.39, 0.29) is 18.3 Å². The molecule has 2 aromatic heterocycles. The highest BCUT2D eigenvalue weighted by Crippen LogP contribution is 2.39. The standard InChI is InChI=1S/C18H15N3O3.C4H9NO4S/c1-23-15-7-6-13(17-19-16(10-2-3-10)20-21(15)17)11-4-5-14-12(8-11)9-24-18(14)22;1-10(8,9)3-2-5-4(6)7/h4-8,10H,2-3,9H2,1H3;5H,2-3H2,1H3,(H,6,7). The van der Waals surface area contributed by atoms with Gasteiger partial charge in [0.15, 0.2) is 11.5 Å². The number of methoxy groups -OCH3 is 1. The van der Waals surface area contributed by atoms with Crippen molar-refractivity contribution in [3.05, 3.63) is 47.3 Å². The third kappa shape index (κ3) is 5.28. The molecule has 1 amide bonds. The van der Waals surface area contributed by atoms with Crippen molar-refractivity contribution in [3.8, 4) is 17.0 Å². The second-order valence-electron chi connectivity index (χ2n) is 8.08. The molecule has 12 heteroatoms. The van der Waals surface area contributed by atoms with E-state index in [1.54, 1.807) is 11.6 Å². The molecule has 0 saturated heterocycles. The number of cyclic esters (lactones) is 1. The molecule has 11 nitrogen and oxygen atoms in total. The largest absolute Gasteiger partial charge is 0.481 e. The van der Waals surface area contributed by atoms with Crippen LogP contribution in [-0.2, 0) is 21.2 Å². The number of sulfone groups is 1. The number of hydrogen-bond acceptors (Lipinski definition) is 8. The summed E-state index contributed by atoms with van der Waals surface area (Å²) >= 11 is 0. The first-order valence-electron chi connectivity index (χ1n) is 10.5. The minimum atomic E-state index is -3.05. The summed E-state index contributed by atoms with van der Waals surface area (Å²) in [6, 6.07) is 9.62. The summed E-state index contributed by atoms with van der Waals surface area (Å²) in [7, 11) is -1.42. The van der Waals surface area contributed by atoms with E-state index in [4.69, 9.17) is 19.6 Å². The van der Waals surface area contributed by atoms with Crippen LogP contribution in [0.3, 0.4) is 0 Å². The first kappa shape index (κ1) is 23.5. The number of nitrogens with zero attached hydrogens (tertiary/aromatic N) is 3. The van der Waals surface area contributed by atoms with Crippen molar-refractivity contribution >= 4 is 27.5 Å². The number of nitrogens with one attached hydrogen (secondary N) is 1. The first-order chi connectivity index (χ1) is 16.2. The van der Waals surface area contributed by atoms with Gasteiger partial charge in [-0.05, 0) is 36.6 Å². The Labute approximate surface area is 195 Å². The fraction of sp³-hybridized carbons (Fsp3) is 0.364. The summed E-state index contributed by atoms with van der Waals surface area (Å²) in [5.74, 6) is 1.59. The number of hydrogen-bond donors (Lipinski definition) is 2. The molecule has 1 aliphatic heterocycles. The van der Waals surface area contributed by atoms with Gasteiger partial charge in [0.05, 0.1) is 18.4 Å². The molecule has 0 spiro atoms. The van der Waals surface area contributed by atoms with Crippen molar-refractivity contribution in [2.45, 2.75) is 25.4 Å². The van der Waals surface area contributed by atoms with E-state index in [0.717, 1.165) is 47.3 Å². The molecule has 3 aromatic rings. The fourth-order valence-corrected chi connectivity index (χ4v) is 3.97. The maximum absolute atomic E-state index is 11.6. The number of carboxylic acid groups (broad SMARTS) is 1. The van der Waals surface area contributed by atoms with Gasteiger partial charge in [-0.25, -0.2) is 23.0 Å². The third-order valence-electron chi connectivity index (χ3n) is 5.36. The monoisotopic (exact) mass is 488 g/mol. The van der Waals surface area contributed by atoms with Crippen molar-refractivity contribution in [1.82, 2.24) is 19.9 Å². The number of carbonyl (C=O) groups excluding carboxylic acids is 1. The average molecular weight is 489 g/mol. The molecule has 2 aliphatic rings. The number of pyridine rings is 1. The SMILES string of the molecule is COc1ccc(-c2ccc3c(c2)COC3=O)c2nc(C3CC3)nn12.CS(=O)(=O)CCNC(=O)O. The summed E-state index contributed by atoms with van der Waals surface area (Å²) < 4.78 is 33.0. The molecule has 5 rings (SSSR count). The van der Waals surface area contributed by atoms with Crippen LogP contribution in [0.4, 0.5) is 4.79 Å². The second-order valence-corrected chi connectivity index (χ2v) is 10.3. The van der Waals surface area contributed by atoms with Crippen LogP contribution >= 0.6 is 0 Å². The predicted molar refractivity (Wildman–Crippen MR) is 122 cm³/mol. The van der Waals surface area contributed by atoms with Crippen LogP contribution in [0.25, 0.3) is 16.8 Å². The van der Waals surface area contributed by atoms with Crippen LogP contribution in [-0.4, -0.2) is 65.8 Å². The maximum Gasteiger partial charge on any atom is 0.404 e. The van der Waals surface area contributed by atoms with Gasteiger partial charge in [0, 0.05) is 35.9 Å². The number of aromatic nitrogens is 3. The Kier molecular flexibility index (Phi) is 6.42. The molecule has 2 N–H and O–H groups in total. The number of ether oxygens (including phenoxy) is 2. The lowest BCUT2D eigenvalue weighted by Gasteiger charge is -2.07. The Bertz CT molecular complexity index is 1360. The average Bonchev–Trinajstić information content (AvgIpc) is 3.43.